The van der Waals surface area contributed by atoms with E-state index < -0.39 is 0 Å². The van der Waals surface area contributed by atoms with Crippen molar-refractivity contribution >= 4 is 40.6 Å². The smallest absolute Gasteiger partial charge is 0.186 e. The number of aliphatic hydroxyl groups excluding tert-OH is 1. The van der Waals surface area contributed by atoms with Crippen molar-refractivity contribution in [3.63, 3.8) is 0 Å². The highest BCUT2D eigenvalue weighted by atomic mass is 32.2. The lowest BCUT2D eigenvalue weighted by Gasteiger charge is -2.31. The van der Waals surface area contributed by atoms with Crippen LogP contribution in [-0.4, -0.2) is 39.6 Å². The average Bonchev–Trinajstić information content (AvgIpc) is 3.21. The first-order valence-electron chi connectivity index (χ1n) is 8.93. The molecule has 0 unspecified atom stereocenters. The summed E-state index contributed by atoms with van der Waals surface area (Å²) in [6.07, 6.45) is 8.58. The minimum atomic E-state index is -0.190. The number of piperidine rings is 1. The summed E-state index contributed by atoms with van der Waals surface area (Å²) in [5.74, 6) is 0.731. The molecule has 1 N–H and O–H groups in total. The van der Waals surface area contributed by atoms with Crippen LogP contribution in [0.4, 0.5) is 5.69 Å². The van der Waals surface area contributed by atoms with Crippen LogP contribution in [0.25, 0.3) is 16.7 Å². The largest absolute Gasteiger partial charge is 0.447 e. The average molecular weight is 400 g/mol. The Morgan fingerprint density at radius 3 is 2.89 bits per heavy atom. The van der Waals surface area contributed by atoms with Gasteiger partial charge in [-0.2, -0.15) is 0 Å². The molecule has 1 aliphatic heterocycles. The number of aromatic nitrogens is 2. The Labute approximate surface area is 167 Å². The number of rotatable bonds is 5. The van der Waals surface area contributed by atoms with Gasteiger partial charge in [-0.25, -0.2) is 4.98 Å². The molecule has 3 heterocycles. The molecule has 140 valence electrons. The minimum absolute atomic E-state index is 0.190. The van der Waals surface area contributed by atoms with Gasteiger partial charge in [-0.15, -0.1) is 6.58 Å². The van der Waals surface area contributed by atoms with Crippen molar-refractivity contribution in [2.45, 2.75) is 24.0 Å². The molecule has 0 bridgehead atoms. The van der Waals surface area contributed by atoms with Gasteiger partial charge in [0, 0.05) is 48.4 Å². The summed E-state index contributed by atoms with van der Waals surface area (Å²) in [5.41, 5.74) is 2.72. The molecule has 0 amide bonds. The highest BCUT2D eigenvalue weighted by molar-refractivity contribution is 7.99. The van der Waals surface area contributed by atoms with E-state index >= 15 is 0 Å². The van der Waals surface area contributed by atoms with Crippen molar-refractivity contribution in [3.05, 3.63) is 54.1 Å². The number of hydrogen-bond donors (Lipinski definition) is 1. The number of imidazole rings is 1. The highest BCUT2D eigenvalue weighted by Crippen LogP contribution is 2.34. The molecule has 0 spiro atoms. The molecular weight excluding hydrogens is 378 g/mol. The van der Waals surface area contributed by atoms with Gasteiger partial charge in [-0.3, -0.25) is 0 Å². The number of aliphatic hydroxyl groups is 1. The van der Waals surface area contributed by atoms with Crippen LogP contribution in [-0.2, 0) is 0 Å². The van der Waals surface area contributed by atoms with Crippen molar-refractivity contribution < 1.29 is 9.52 Å². The molecule has 2 aromatic heterocycles. The summed E-state index contributed by atoms with van der Waals surface area (Å²) in [7, 11) is 0. The third-order valence-electron chi connectivity index (χ3n) is 4.75. The van der Waals surface area contributed by atoms with E-state index in [2.05, 4.69) is 28.6 Å². The maximum atomic E-state index is 9.74. The van der Waals surface area contributed by atoms with Crippen LogP contribution in [0.3, 0.4) is 0 Å². The van der Waals surface area contributed by atoms with E-state index in [1.807, 2.05) is 22.9 Å². The maximum absolute atomic E-state index is 9.74. The van der Waals surface area contributed by atoms with Crippen LogP contribution in [0.2, 0.25) is 0 Å². The first-order valence-corrected chi connectivity index (χ1v) is 10.3. The van der Waals surface area contributed by atoms with E-state index in [9.17, 15) is 5.11 Å². The fourth-order valence-electron chi connectivity index (χ4n) is 3.32. The molecule has 3 aromatic rings. The Hall–Kier alpha value is -2.09. The van der Waals surface area contributed by atoms with Gasteiger partial charge in [0.05, 0.1) is 16.9 Å². The predicted molar refractivity (Wildman–Crippen MR) is 113 cm³/mol. The number of fused-ring (bicyclic) bond motifs is 1. The Bertz CT molecular complexity index is 1010. The van der Waals surface area contributed by atoms with Crippen LogP contribution in [0.5, 0.6) is 0 Å². The summed E-state index contributed by atoms with van der Waals surface area (Å²) in [6, 6.07) is 6.17. The van der Waals surface area contributed by atoms with Crippen molar-refractivity contribution in [1.29, 1.82) is 0 Å². The Kier molecular flexibility index (Phi) is 5.33. The standard InChI is InChI=1S/C20H21N3O2S2/c1-2-11-27-20-18(23-10-7-21-13-23)19(26)16-4-3-14(12-17(16)25-20)22-8-5-15(24)6-9-22/h2-4,7,10,12-13,15,24H,1,5-6,8-9,11H2. The zero-order valence-electron chi connectivity index (χ0n) is 14.9. The van der Waals surface area contributed by atoms with Crippen molar-refractivity contribution in [2.75, 3.05) is 23.7 Å². The topological polar surface area (TPSA) is 54.4 Å². The molecule has 0 aliphatic carbocycles. The van der Waals surface area contributed by atoms with Crippen molar-refractivity contribution in [1.82, 2.24) is 9.55 Å². The number of benzene rings is 1. The molecule has 0 atom stereocenters. The number of anilines is 1. The third-order valence-corrected chi connectivity index (χ3v) is 6.10. The lowest BCUT2D eigenvalue weighted by molar-refractivity contribution is 0.145. The van der Waals surface area contributed by atoms with E-state index in [0.717, 1.165) is 63.6 Å². The van der Waals surface area contributed by atoms with Gasteiger partial charge in [0.2, 0.25) is 0 Å². The molecule has 1 fully saturated rings. The summed E-state index contributed by atoms with van der Waals surface area (Å²) in [6.45, 7) is 5.49. The third kappa shape index (κ3) is 3.67. The molecule has 1 aromatic carbocycles. The van der Waals surface area contributed by atoms with Crippen molar-refractivity contribution in [2.24, 2.45) is 0 Å². The van der Waals surface area contributed by atoms with Crippen LogP contribution < -0.4 is 4.90 Å². The van der Waals surface area contributed by atoms with Crippen LogP contribution >= 0.6 is 24.0 Å². The maximum Gasteiger partial charge on any atom is 0.186 e. The minimum Gasteiger partial charge on any atom is -0.447 e. The van der Waals surface area contributed by atoms with E-state index in [-0.39, 0.29) is 6.10 Å². The molecule has 0 saturated carbocycles. The molecular formula is C20H21N3O2S2. The number of nitrogens with zero attached hydrogens (tertiary/aromatic N) is 3. The lowest BCUT2D eigenvalue weighted by Crippen LogP contribution is -2.35. The van der Waals surface area contributed by atoms with Crippen LogP contribution in [0, 0.1) is 4.51 Å². The van der Waals surface area contributed by atoms with Crippen molar-refractivity contribution in [3.8, 4) is 5.69 Å². The zero-order valence-corrected chi connectivity index (χ0v) is 16.5. The summed E-state index contributed by atoms with van der Waals surface area (Å²) in [5, 5.41) is 11.4. The van der Waals surface area contributed by atoms with Crippen LogP contribution in [0.1, 0.15) is 12.8 Å². The fourth-order valence-corrected chi connectivity index (χ4v) is 4.51. The molecule has 1 saturated heterocycles. The van der Waals surface area contributed by atoms with E-state index in [1.54, 1.807) is 24.3 Å². The van der Waals surface area contributed by atoms with Gasteiger partial charge < -0.3 is 19.0 Å². The number of hydrogen-bond acceptors (Lipinski definition) is 6. The quantitative estimate of drug-likeness (QED) is 0.385. The SMILES string of the molecule is C=CCSc1oc2cc(N3CCC(O)CC3)ccc2c(=S)c1-n1ccnc1. The van der Waals surface area contributed by atoms with Gasteiger partial charge in [-0.05, 0) is 25.0 Å². The Morgan fingerprint density at radius 1 is 1.37 bits per heavy atom. The second-order valence-electron chi connectivity index (χ2n) is 6.54. The normalized spacial score (nSPS) is 15.4. The first kappa shape index (κ1) is 18.3. The van der Waals surface area contributed by atoms with Gasteiger partial charge >= 0.3 is 0 Å². The zero-order chi connectivity index (χ0) is 18.8. The second-order valence-corrected chi connectivity index (χ2v) is 7.94. The van der Waals surface area contributed by atoms with Gasteiger partial charge in [0.25, 0.3) is 0 Å². The van der Waals surface area contributed by atoms with E-state index in [4.69, 9.17) is 16.6 Å². The van der Waals surface area contributed by atoms with E-state index in [1.165, 1.54) is 0 Å². The molecule has 4 rings (SSSR count). The number of thioether (sulfide) groups is 1. The summed E-state index contributed by atoms with van der Waals surface area (Å²) < 4.78 is 8.93. The molecule has 0 radical (unpaired) electrons. The fraction of sp³-hybridized carbons (Fsp3) is 0.300. The lowest BCUT2D eigenvalue weighted by atomic mass is 10.1. The highest BCUT2D eigenvalue weighted by Gasteiger charge is 2.19. The second kappa shape index (κ2) is 7.88. The molecule has 7 heteroatoms. The summed E-state index contributed by atoms with van der Waals surface area (Å²) in [4.78, 5) is 6.42. The van der Waals surface area contributed by atoms with E-state index in [0.29, 0.717) is 0 Å². The monoisotopic (exact) mass is 399 g/mol. The molecule has 1 aliphatic rings. The molecule has 27 heavy (non-hydrogen) atoms. The summed E-state index contributed by atoms with van der Waals surface area (Å²) >= 11 is 7.37. The predicted octanol–water partition coefficient (Wildman–Crippen LogP) is 4.59. The van der Waals surface area contributed by atoms with Gasteiger partial charge in [0.15, 0.2) is 5.09 Å². The Balaban J connectivity index is 1.81. The van der Waals surface area contributed by atoms with Crippen LogP contribution in [0.15, 0.2) is 59.1 Å². The Morgan fingerprint density at radius 2 is 2.19 bits per heavy atom. The molecule has 5 nitrogen and oxygen atoms in total. The van der Waals surface area contributed by atoms with Gasteiger partial charge in [-0.1, -0.05) is 30.1 Å². The van der Waals surface area contributed by atoms with Gasteiger partial charge in [0.1, 0.15) is 11.3 Å². The first-order chi connectivity index (χ1) is 13.2.